The summed E-state index contributed by atoms with van der Waals surface area (Å²) >= 11 is 2.24. The van der Waals surface area contributed by atoms with Crippen LogP contribution in [0.3, 0.4) is 0 Å². The van der Waals surface area contributed by atoms with Gasteiger partial charge in [0.1, 0.15) is 5.52 Å². The van der Waals surface area contributed by atoms with Crippen LogP contribution in [0.2, 0.25) is 0 Å². The molecule has 0 saturated heterocycles. The normalized spacial score (nSPS) is 10.5. The van der Waals surface area contributed by atoms with Gasteiger partial charge in [0.2, 0.25) is 0 Å². The van der Waals surface area contributed by atoms with Gasteiger partial charge in [-0.25, -0.2) is 4.98 Å². The average molecular weight is 245 g/mol. The molecule has 0 aliphatic heterocycles. The summed E-state index contributed by atoms with van der Waals surface area (Å²) in [7, 11) is 0. The van der Waals surface area contributed by atoms with E-state index in [1.807, 2.05) is 18.2 Å². The fourth-order valence-electron chi connectivity index (χ4n) is 0.829. The fourth-order valence-corrected chi connectivity index (χ4v) is 1.29. The van der Waals surface area contributed by atoms with Gasteiger partial charge in [-0.15, -0.1) is 0 Å². The van der Waals surface area contributed by atoms with Crippen LogP contribution in [-0.4, -0.2) is 4.98 Å². The van der Waals surface area contributed by atoms with Crippen molar-refractivity contribution in [2.75, 3.05) is 0 Å². The van der Waals surface area contributed by atoms with Crippen molar-refractivity contribution in [3.63, 3.8) is 0 Å². The maximum atomic E-state index is 5.08. The summed E-state index contributed by atoms with van der Waals surface area (Å²) in [5, 5.41) is 0. The van der Waals surface area contributed by atoms with Gasteiger partial charge in [0, 0.05) is 3.57 Å². The molecule has 0 aliphatic carbocycles. The van der Waals surface area contributed by atoms with Crippen molar-refractivity contribution in [1.82, 2.24) is 4.98 Å². The Balaban J connectivity index is 2.86. The SMILES string of the molecule is Ic1ccc2ncoc2c1. The molecule has 1 heterocycles. The summed E-state index contributed by atoms with van der Waals surface area (Å²) < 4.78 is 6.25. The van der Waals surface area contributed by atoms with Crippen molar-refractivity contribution in [1.29, 1.82) is 0 Å². The third-order valence-corrected chi connectivity index (χ3v) is 1.96. The minimum atomic E-state index is 0.854. The second kappa shape index (κ2) is 2.23. The minimum Gasteiger partial charge on any atom is -0.443 e. The first-order valence-electron chi connectivity index (χ1n) is 2.85. The van der Waals surface area contributed by atoms with Gasteiger partial charge < -0.3 is 4.42 Å². The zero-order chi connectivity index (χ0) is 6.97. The predicted octanol–water partition coefficient (Wildman–Crippen LogP) is 2.43. The third kappa shape index (κ3) is 0.901. The first kappa shape index (κ1) is 6.15. The van der Waals surface area contributed by atoms with Gasteiger partial charge in [0.25, 0.3) is 0 Å². The number of rotatable bonds is 0. The van der Waals surface area contributed by atoms with E-state index in [1.165, 1.54) is 9.96 Å². The van der Waals surface area contributed by atoms with Crippen LogP contribution in [0, 0.1) is 3.57 Å². The molecule has 0 aliphatic rings. The summed E-state index contributed by atoms with van der Waals surface area (Å²) in [6.07, 6.45) is 1.46. The van der Waals surface area contributed by atoms with E-state index in [9.17, 15) is 0 Å². The van der Waals surface area contributed by atoms with Gasteiger partial charge in [0.05, 0.1) is 0 Å². The summed E-state index contributed by atoms with van der Waals surface area (Å²) in [4.78, 5) is 3.99. The highest BCUT2D eigenvalue weighted by molar-refractivity contribution is 14.1. The highest BCUT2D eigenvalue weighted by Gasteiger charge is 1.95. The van der Waals surface area contributed by atoms with Crippen molar-refractivity contribution in [3.05, 3.63) is 28.2 Å². The molecule has 0 unspecified atom stereocenters. The quantitative estimate of drug-likeness (QED) is 0.666. The largest absolute Gasteiger partial charge is 0.443 e. The lowest BCUT2D eigenvalue weighted by Crippen LogP contribution is -1.69. The Kier molecular flexibility index (Phi) is 1.37. The Labute approximate surface area is 71.4 Å². The molecule has 1 aromatic heterocycles. The van der Waals surface area contributed by atoms with E-state index in [2.05, 4.69) is 27.6 Å². The van der Waals surface area contributed by atoms with Crippen LogP contribution < -0.4 is 0 Å². The van der Waals surface area contributed by atoms with Crippen LogP contribution in [0.15, 0.2) is 29.0 Å². The first-order chi connectivity index (χ1) is 4.86. The van der Waals surface area contributed by atoms with Crippen molar-refractivity contribution in [2.24, 2.45) is 0 Å². The summed E-state index contributed by atoms with van der Waals surface area (Å²) in [5.41, 5.74) is 1.77. The monoisotopic (exact) mass is 245 g/mol. The Hall–Kier alpha value is -0.580. The van der Waals surface area contributed by atoms with Crippen LogP contribution in [-0.2, 0) is 0 Å². The molecule has 0 fully saturated rings. The molecule has 10 heavy (non-hydrogen) atoms. The fraction of sp³-hybridized carbons (Fsp3) is 0. The number of benzene rings is 1. The second-order valence-electron chi connectivity index (χ2n) is 1.96. The highest BCUT2D eigenvalue weighted by Crippen LogP contribution is 2.14. The standard InChI is InChI=1S/C7H4INO/c8-5-1-2-6-7(3-5)10-4-9-6/h1-4H. The molecule has 1 aromatic carbocycles. The van der Waals surface area contributed by atoms with Crippen molar-refractivity contribution in [2.45, 2.75) is 0 Å². The maximum Gasteiger partial charge on any atom is 0.181 e. The van der Waals surface area contributed by atoms with E-state index >= 15 is 0 Å². The number of oxazole rings is 1. The second-order valence-corrected chi connectivity index (χ2v) is 3.21. The van der Waals surface area contributed by atoms with E-state index in [-0.39, 0.29) is 0 Å². The zero-order valence-corrected chi connectivity index (χ0v) is 7.20. The minimum absolute atomic E-state index is 0.854. The van der Waals surface area contributed by atoms with Crippen LogP contribution in [0.1, 0.15) is 0 Å². The molecular formula is C7H4INO. The van der Waals surface area contributed by atoms with E-state index in [0.717, 1.165) is 11.1 Å². The molecule has 0 spiro atoms. The molecule has 0 atom stereocenters. The lowest BCUT2D eigenvalue weighted by atomic mass is 10.3. The molecule has 2 aromatic rings. The lowest BCUT2D eigenvalue weighted by Gasteiger charge is -1.86. The third-order valence-electron chi connectivity index (χ3n) is 1.29. The number of fused-ring (bicyclic) bond motifs is 1. The Morgan fingerprint density at radius 3 is 3.20 bits per heavy atom. The van der Waals surface area contributed by atoms with Crippen LogP contribution in [0.4, 0.5) is 0 Å². The highest BCUT2D eigenvalue weighted by atomic mass is 127. The van der Waals surface area contributed by atoms with Crippen LogP contribution in [0.5, 0.6) is 0 Å². The topological polar surface area (TPSA) is 26.0 Å². The van der Waals surface area contributed by atoms with Crippen molar-refractivity contribution < 1.29 is 4.42 Å². The molecule has 0 amide bonds. The molecule has 50 valence electrons. The number of halogens is 1. The van der Waals surface area contributed by atoms with Gasteiger partial charge in [-0.1, -0.05) is 0 Å². The lowest BCUT2D eigenvalue weighted by molar-refractivity contribution is 0.602. The predicted molar refractivity (Wildman–Crippen MR) is 46.7 cm³/mol. The Morgan fingerprint density at radius 1 is 1.40 bits per heavy atom. The maximum absolute atomic E-state index is 5.08. The van der Waals surface area contributed by atoms with E-state index in [4.69, 9.17) is 4.42 Å². The molecule has 0 saturated carbocycles. The van der Waals surface area contributed by atoms with Gasteiger partial charge in [0.15, 0.2) is 12.0 Å². The summed E-state index contributed by atoms with van der Waals surface area (Å²) in [5.74, 6) is 0. The number of nitrogens with zero attached hydrogens (tertiary/aromatic N) is 1. The molecule has 3 heteroatoms. The van der Waals surface area contributed by atoms with Gasteiger partial charge in [-0.05, 0) is 40.8 Å². The van der Waals surface area contributed by atoms with E-state index in [0.29, 0.717) is 0 Å². The van der Waals surface area contributed by atoms with Gasteiger partial charge >= 0.3 is 0 Å². The molecular weight excluding hydrogens is 241 g/mol. The number of aromatic nitrogens is 1. The number of hydrogen-bond acceptors (Lipinski definition) is 2. The molecule has 2 nitrogen and oxygen atoms in total. The summed E-state index contributed by atoms with van der Waals surface area (Å²) in [6, 6.07) is 5.91. The first-order valence-corrected chi connectivity index (χ1v) is 3.93. The summed E-state index contributed by atoms with van der Waals surface area (Å²) in [6.45, 7) is 0. The Morgan fingerprint density at radius 2 is 2.30 bits per heavy atom. The van der Waals surface area contributed by atoms with Crippen molar-refractivity contribution in [3.8, 4) is 0 Å². The molecule has 0 N–H and O–H groups in total. The van der Waals surface area contributed by atoms with Crippen molar-refractivity contribution >= 4 is 33.7 Å². The van der Waals surface area contributed by atoms with E-state index in [1.54, 1.807) is 0 Å². The van der Waals surface area contributed by atoms with Crippen LogP contribution in [0.25, 0.3) is 11.1 Å². The van der Waals surface area contributed by atoms with E-state index < -0.39 is 0 Å². The van der Waals surface area contributed by atoms with Crippen LogP contribution >= 0.6 is 22.6 Å². The molecule has 0 radical (unpaired) electrons. The molecule has 0 bridgehead atoms. The number of hydrogen-bond donors (Lipinski definition) is 0. The average Bonchev–Trinajstić information content (AvgIpc) is 2.33. The van der Waals surface area contributed by atoms with Gasteiger partial charge in [-0.3, -0.25) is 0 Å². The molecule has 2 rings (SSSR count). The Bertz CT molecular complexity index is 355. The smallest absolute Gasteiger partial charge is 0.181 e. The zero-order valence-electron chi connectivity index (χ0n) is 5.04. The van der Waals surface area contributed by atoms with Gasteiger partial charge in [-0.2, -0.15) is 0 Å².